The number of halogens is 1. The van der Waals surface area contributed by atoms with Crippen molar-refractivity contribution >= 4 is 21.8 Å². The number of pyridine rings is 1. The molecule has 2 rings (SSSR count). The van der Waals surface area contributed by atoms with E-state index in [4.69, 9.17) is 4.74 Å². The van der Waals surface area contributed by atoms with Gasteiger partial charge in [0.2, 0.25) is 5.88 Å². The van der Waals surface area contributed by atoms with Gasteiger partial charge in [0.1, 0.15) is 0 Å². The molecule has 2 aromatic rings. The number of hydrogen-bond acceptors (Lipinski definition) is 3. The summed E-state index contributed by atoms with van der Waals surface area (Å²) < 4.78 is 6.30. The van der Waals surface area contributed by atoms with E-state index < -0.39 is 0 Å². The molecule has 0 aliphatic carbocycles. The van der Waals surface area contributed by atoms with Crippen LogP contribution in [0.15, 0.2) is 47.1 Å². The van der Waals surface area contributed by atoms with Crippen LogP contribution in [0.2, 0.25) is 0 Å². The Labute approximate surface area is 126 Å². The van der Waals surface area contributed by atoms with Crippen molar-refractivity contribution in [3.63, 3.8) is 0 Å². The van der Waals surface area contributed by atoms with Crippen LogP contribution in [0.25, 0.3) is 0 Å². The lowest BCUT2D eigenvalue weighted by atomic mass is 10.2. The van der Waals surface area contributed by atoms with Crippen molar-refractivity contribution < 1.29 is 9.53 Å². The first-order valence-corrected chi connectivity index (χ1v) is 7.10. The van der Waals surface area contributed by atoms with Crippen molar-refractivity contribution in [2.75, 3.05) is 6.61 Å². The molecule has 1 heterocycles. The SMILES string of the molecule is CCOc1ncccc1CNC(=O)c1cccc(Br)c1. The summed E-state index contributed by atoms with van der Waals surface area (Å²) in [6.45, 7) is 2.83. The number of hydrogen-bond donors (Lipinski definition) is 1. The Hall–Kier alpha value is -1.88. The second-order valence-corrected chi connectivity index (χ2v) is 5.01. The second kappa shape index (κ2) is 7.05. The average molecular weight is 335 g/mol. The quantitative estimate of drug-likeness (QED) is 0.913. The first-order valence-electron chi connectivity index (χ1n) is 6.31. The van der Waals surface area contributed by atoms with Gasteiger partial charge in [0.15, 0.2) is 0 Å². The van der Waals surface area contributed by atoms with E-state index in [1.165, 1.54) is 0 Å². The Kier molecular flexibility index (Phi) is 5.12. The van der Waals surface area contributed by atoms with Gasteiger partial charge in [-0.15, -0.1) is 0 Å². The zero-order chi connectivity index (χ0) is 14.4. The third-order valence-corrected chi connectivity index (χ3v) is 3.15. The van der Waals surface area contributed by atoms with Gasteiger partial charge < -0.3 is 10.1 Å². The van der Waals surface area contributed by atoms with E-state index in [1.807, 2.05) is 31.2 Å². The van der Waals surface area contributed by atoms with Gasteiger partial charge in [0.25, 0.3) is 5.91 Å². The highest BCUT2D eigenvalue weighted by molar-refractivity contribution is 9.10. The lowest BCUT2D eigenvalue weighted by Crippen LogP contribution is -2.23. The summed E-state index contributed by atoms with van der Waals surface area (Å²) in [7, 11) is 0. The van der Waals surface area contributed by atoms with E-state index in [9.17, 15) is 4.79 Å². The Bertz CT molecular complexity index is 602. The van der Waals surface area contributed by atoms with Gasteiger partial charge in [-0.3, -0.25) is 4.79 Å². The van der Waals surface area contributed by atoms with Gasteiger partial charge in [0, 0.05) is 28.3 Å². The number of nitrogens with zero attached hydrogens (tertiary/aromatic N) is 1. The zero-order valence-electron chi connectivity index (χ0n) is 11.1. The summed E-state index contributed by atoms with van der Waals surface area (Å²) in [6, 6.07) is 11.0. The number of amides is 1. The van der Waals surface area contributed by atoms with E-state index in [0.717, 1.165) is 10.0 Å². The fourth-order valence-electron chi connectivity index (χ4n) is 1.73. The van der Waals surface area contributed by atoms with Gasteiger partial charge in [-0.05, 0) is 31.2 Å². The third-order valence-electron chi connectivity index (χ3n) is 2.66. The smallest absolute Gasteiger partial charge is 0.251 e. The summed E-state index contributed by atoms with van der Waals surface area (Å²) >= 11 is 3.35. The Morgan fingerprint density at radius 3 is 2.95 bits per heavy atom. The molecule has 1 N–H and O–H groups in total. The molecule has 1 amide bonds. The van der Waals surface area contributed by atoms with Crippen LogP contribution in [0.4, 0.5) is 0 Å². The highest BCUT2D eigenvalue weighted by atomic mass is 79.9. The molecule has 0 saturated carbocycles. The van der Waals surface area contributed by atoms with Crippen LogP contribution in [0.3, 0.4) is 0 Å². The average Bonchev–Trinajstić information content (AvgIpc) is 2.46. The van der Waals surface area contributed by atoms with E-state index in [1.54, 1.807) is 18.3 Å². The van der Waals surface area contributed by atoms with Crippen molar-refractivity contribution in [2.24, 2.45) is 0 Å². The summed E-state index contributed by atoms with van der Waals surface area (Å²) in [6.07, 6.45) is 1.67. The largest absolute Gasteiger partial charge is 0.478 e. The number of carbonyl (C=O) groups excluding carboxylic acids is 1. The number of carbonyl (C=O) groups is 1. The predicted molar refractivity (Wildman–Crippen MR) is 80.7 cm³/mol. The molecule has 0 saturated heterocycles. The zero-order valence-corrected chi connectivity index (χ0v) is 12.7. The second-order valence-electron chi connectivity index (χ2n) is 4.09. The minimum absolute atomic E-state index is 0.127. The molecule has 0 atom stereocenters. The Morgan fingerprint density at radius 1 is 1.35 bits per heavy atom. The normalized spacial score (nSPS) is 10.1. The van der Waals surface area contributed by atoms with E-state index in [-0.39, 0.29) is 5.91 Å². The van der Waals surface area contributed by atoms with Crippen molar-refractivity contribution in [3.8, 4) is 5.88 Å². The van der Waals surface area contributed by atoms with Crippen LogP contribution in [0, 0.1) is 0 Å². The van der Waals surface area contributed by atoms with Crippen molar-refractivity contribution in [2.45, 2.75) is 13.5 Å². The fraction of sp³-hybridized carbons (Fsp3) is 0.200. The Morgan fingerprint density at radius 2 is 2.20 bits per heavy atom. The van der Waals surface area contributed by atoms with Gasteiger partial charge in [-0.25, -0.2) is 4.98 Å². The van der Waals surface area contributed by atoms with Crippen LogP contribution in [0.5, 0.6) is 5.88 Å². The minimum Gasteiger partial charge on any atom is -0.478 e. The molecular formula is C15H15BrN2O2. The summed E-state index contributed by atoms with van der Waals surface area (Å²) in [5.41, 5.74) is 1.47. The van der Waals surface area contributed by atoms with Crippen LogP contribution < -0.4 is 10.1 Å². The Balaban J connectivity index is 2.03. The highest BCUT2D eigenvalue weighted by Gasteiger charge is 2.08. The maximum atomic E-state index is 12.0. The molecular weight excluding hydrogens is 320 g/mol. The fourth-order valence-corrected chi connectivity index (χ4v) is 2.13. The van der Waals surface area contributed by atoms with Crippen LogP contribution >= 0.6 is 15.9 Å². The first-order chi connectivity index (χ1) is 9.70. The standard InChI is InChI=1S/C15H15BrN2O2/c1-2-20-15-12(6-4-8-17-15)10-18-14(19)11-5-3-7-13(16)9-11/h3-9H,2,10H2,1H3,(H,18,19). The topological polar surface area (TPSA) is 51.2 Å². The summed E-state index contributed by atoms with van der Waals surface area (Å²) in [5.74, 6) is 0.433. The molecule has 0 spiro atoms. The van der Waals surface area contributed by atoms with Crippen molar-refractivity contribution in [1.82, 2.24) is 10.3 Å². The predicted octanol–water partition coefficient (Wildman–Crippen LogP) is 3.17. The number of aromatic nitrogens is 1. The molecule has 0 fully saturated rings. The number of rotatable bonds is 5. The number of benzene rings is 1. The molecule has 0 aliphatic rings. The summed E-state index contributed by atoms with van der Waals surface area (Å²) in [5, 5.41) is 2.86. The molecule has 5 heteroatoms. The molecule has 0 bridgehead atoms. The van der Waals surface area contributed by atoms with Gasteiger partial charge in [-0.2, -0.15) is 0 Å². The van der Waals surface area contributed by atoms with E-state index in [2.05, 4.69) is 26.2 Å². The molecule has 1 aromatic carbocycles. The molecule has 0 unspecified atom stereocenters. The molecule has 104 valence electrons. The summed E-state index contributed by atoms with van der Waals surface area (Å²) in [4.78, 5) is 16.2. The van der Waals surface area contributed by atoms with Gasteiger partial charge in [-0.1, -0.05) is 28.1 Å². The molecule has 0 aliphatic heterocycles. The monoisotopic (exact) mass is 334 g/mol. The minimum atomic E-state index is -0.127. The highest BCUT2D eigenvalue weighted by Crippen LogP contribution is 2.15. The third kappa shape index (κ3) is 3.81. The number of ether oxygens (including phenoxy) is 1. The maximum Gasteiger partial charge on any atom is 0.251 e. The van der Waals surface area contributed by atoms with E-state index >= 15 is 0 Å². The van der Waals surface area contributed by atoms with E-state index in [0.29, 0.717) is 24.6 Å². The lowest BCUT2D eigenvalue weighted by molar-refractivity contribution is 0.0950. The first kappa shape index (κ1) is 14.5. The van der Waals surface area contributed by atoms with Gasteiger partial charge in [0.05, 0.1) is 6.61 Å². The maximum absolute atomic E-state index is 12.0. The van der Waals surface area contributed by atoms with Crippen molar-refractivity contribution in [1.29, 1.82) is 0 Å². The molecule has 20 heavy (non-hydrogen) atoms. The number of nitrogens with one attached hydrogen (secondary N) is 1. The van der Waals surface area contributed by atoms with Crippen molar-refractivity contribution in [3.05, 3.63) is 58.2 Å². The molecule has 4 nitrogen and oxygen atoms in total. The van der Waals surface area contributed by atoms with Gasteiger partial charge >= 0.3 is 0 Å². The van der Waals surface area contributed by atoms with Crippen LogP contribution in [0.1, 0.15) is 22.8 Å². The van der Waals surface area contributed by atoms with Crippen LogP contribution in [-0.4, -0.2) is 17.5 Å². The molecule has 1 aromatic heterocycles. The lowest BCUT2D eigenvalue weighted by Gasteiger charge is -2.10. The van der Waals surface area contributed by atoms with Crippen LogP contribution in [-0.2, 0) is 6.54 Å². The molecule has 0 radical (unpaired) electrons.